The minimum Gasteiger partial charge on any atom is -0.465 e. The molecule has 1 aliphatic heterocycles. The van der Waals surface area contributed by atoms with Gasteiger partial charge in [-0.05, 0) is 48.5 Å². The maximum absolute atomic E-state index is 12.7. The van der Waals surface area contributed by atoms with E-state index in [0.29, 0.717) is 22.0 Å². The lowest BCUT2D eigenvalue weighted by Crippen LogP contribution is -2.27. The SMILES string of the molecule is COC(=O)c1ccc(-c2ccc(/C=C3/SC(=O)N(Cc4ccc(C)cc4)C3=O)o2)cc1. The molecule has 1 saturated heterocycles. The van der Waals surface area contributed by atoms with E-state index in [1.54, 1.807) is 42.5 Å². The molecule has 0 spiro atoms. The molecule has 3 aromatic rings. The smallest absolute Gasteiger partial charge is 0.337 e. The molecule has 6 nitrogen and oxygen atoms in total. The molecular weight excluding hydrogens is 414 g/mol. The number of furan rings is 1. The third-order valence-electron chi connectivity index (χ3n) is 4.83. The second kappa shape index (κ2) is 8.65. The number of nitrogens with zero attached hydrogens (tertiary/aromatic N) is 1. The van der Waals surface area contributed by atoms with Gasteiger partial charge in [0.15, 0.2) is 0 Å². The van der Waals surface area contributed by atoms with E-state index in [1.807, 2.05) is 31.2 Å². The van der Waals surface area contributed by atoms with E-state index in [0.717, 1.165) is 28.5 Å². The number of rotatable bonds is 5. The summed E-state index contributed by atoms with van der Waals surface area (Å²) in [5.74, 6) is 0.304. The Balaban J connectivity index is 1.50. The Hall–Kier alpha value is -3.58. The van der Waals surface area contributed by atoms with Gasteiger partial charge in [0.1, 0.15) is 11.5 Å². The topological polar surface area (TPSA) is 76.8 Å². The Morgan fingerprint density at radius 2 is 1.74 bits per heavy atom. The maximum Gasteiger partial charge on any atom is 0.337 e. The van der Waals surface area contributed by atoms with Crippen molar-refractivity contribution in [2.75, 3.05) is 7.11 Å². The average Bonchev–Trinajstić information content (AvgIpc) is 3.35. The number of hydrogen-bond acceptors (Lipinski definition) is 6. The van der Waals surface area contributed by atoms with E-state index in [9.17, 15) is 14.4 Å². The van der Waals surface area contributed by atoms with Crippen molar-refractivity contribution in [2.45, 2.75) is 13.5 Å². The number of hydrogen-bond donors (Lipinski definition) is 0. The number of aryl methyl sites for hydroxylation is 1. The van der Waals surface area contributed by atoms with Crippen molar-refractivity contribution < 1.29 is 23.5 Å². The number of thioether (sulfide) groups is 1. The van der Waals surface area contributed by atoms with Crippen LogP contribution in [0.15, 0.2) is 70.0 Å². The summed E-state index contributed by atoms with van der Waals surface area (Å²) in [4.78, 5) is 38.2. The number of methoxy groups -OCH3 is 1. The first-order valence-corrected chi connectivity index (χ1v) is 10.4. The highest BCUT2D eigenvalue weighted by atomic mass is 32.2. The number of ether oxygens (including phenoxy) is 1. The minimum absolute atomic E-state index is 0.234. The summed E-state index contributed by atoms with van der Waals surface area (Å²) in [6, 6.07) is 18.0. The van der Waals surface area contributed by atoms with Crippen LogP contribution in [0.25, 0.3) is 17.4 Å². The molecular formula is C24H19NO5S. The second-order valence-electron chi connectivity index (χ2n) is 7.02. The van der Waals surface area contributed by atoms with Crippen molar-refractivity contribution in [3.8, 4) is 11.3 Å². The van der Waals surface area contributed by atoms with Crippen molar-refractivity contribution in [2.24, 2.45) is 0 Å². The molecule has 2 heterocycles. The minimum atomic E-state index is -0.409. The van der Waals surface area contributed by atoms with Crippen LogP contribution in [-0.2, 0) is 16.1 Å². The van der Waals surface area contributed by atoms with E-state index in [1.165, 1.54) is 12.0 Å². The molecule has 0 bridgehead atoms. The first-order chi connectivity index (χ1) is 14.9. The van der Waals surface area contributed by atoms with E-state index in [2.05, 4.69) is 0 Å². The number of amides is 2. The van der Waals surface area contributed by atoms with Crippen LogP contribution in [0.2, 0.25) is 0 Å². The van der Waals surface area contributed by atoms with Crippen molar-refractivity contribution in [1.29, 1.82) is 0 Å². The van der Waals surface area contributed by atoms with Crippen LogP contribution in [0.4, 0.5) is 4.79 Å². The van der Waals surface area contributed by atoms with E-state index >= 15 is 0 Å². The number of esters is 1. The molecule has 0 radical (unpaired) electrons. The van der Waals surface area contributed by atoms with Crippen molar-refractivity contribution in [3.63, 3.8) is 0 Å². The van der Waals surface area contributed by atoms with Crippen LogP contribution in [0, 0.1) is 6.92 Å². The van der Waals surface area contributed by atoms with Crippen LogP contribution in [0.5, 0.6) is 0 Å². The molecule has 2 aromatic carbocycles. The number of carbonyl (C=O) groups excluding carboxylic acids is 3. The zero-order valence-corrected chi connectivity index (χ0v) is 17.8. The summed E-state index contributed by atoms with van der Waals surface area (Å²) in [7, 11) is 1.33. The lowest BCUT2D eigenvalue weighted by atomic mass is 10.1. The van der Waals surface area contributed by atoms with Crippen LogP contribution < -0.4 is 0 Å². The molecule has 4 rings (SSSR count). The number of carbonyl (C=O) groups is 3. The number of imide groups is 1. The normalized spacial score (nSPS) is 15.0. The monoisotopic (exact) mass is 433 g/mol. The summed E-state index contributed by atoms with van der Waals surface area (Å²) in [5, 5.41) is -0.304. The Kier molecular flexibility index (Phi) is 5.77. The zero-order chi connectivity index (χ0) is 22.0. The number of benzene rings is 2. The van der Waals surface area contributed by atoms with Gasteiger partial charge in [-0.3, -0.25) is 14.5 Å². The van der Waals surface area contributed by atoms with Crippen LogP contribution in [0.3, 0.4) is 0 Å². The fourth-order valence-corrected chi connectivity index (χ4v) is 3.93. The van der Waals surface area contributed by atoms with Gasteiger partial charge in [-0.2, -0.15) is 0 Å². The molecule has 31 heavy (non-hydrogen) atoms. The lowest BCUT2D eigenvalue weighted by Gasteiger charge is -2.12. The third kappa shape index (κ3) is 4.46. The molecule has 1 aliphatic rings. The largest absolute Gasteiger partial charge is 0.465 e. The van der Waals surface area contributed by atoms with Crippen LogP contribution in [-0.4, -0.2) is 29.1 Å². The second-order valence-corrected chi connectivity index (χ2v) is 8.02. The van der Waals surface area contributed by atoms with E-state index in [-0.39, 0.29) is 17.7 Å². The van der Waals surface area contributed by atoms with Gasteiger partial charge in [0.2, 0.25) is 0 Å². The molecule has 156 valence electrons. The Morgan fingerprint density at radius 1 is 1.03 bits per heavy atom. The summed E-state index contributed by atoms with van der Waals surface area (Å²) >= 11 is 0.899. The Labute approximate surface area is 183 Å². The highest BCUT2D eigenvalue weighted by Gasteiger charge is 2.35. The van der Waals surface area contributed by atoms with Crippen LogP contribution in [0.1, 0.15) is 27.2 Å². The predicted molar refractivity (Wildman–Crippen MR) is 118 cm³/mol. The van der Waals surface area contributed by atoms with Gasteiger partial charge in [-0.15, -0.1) is 0 Å². The summed E-state index contributed by atoms with van der Waals surface area (Å²) < 4.78 is 10.5. The summed E-state index contributed by atoms with van der Waals surface area (Å²) in [6.45, 7) is 2.22. The summed E-state index contributed by atoms with van der Waals surface area (Å²) in [6.07, 6.45) is 1.58. The van der Waals surface area contributed by atoms with Gasteiger partial charge in [0.25, 0.3) is 11.1 Å². The Bertz CT molecular complexity index is 1180. The summed E-state index contributed by atoms with van der Waals surface area (Å²) in [5.41, 5.74) is 3.23. The molecule has 2 amide bonds. The van der Waals surface area contributed by atoms with Crippen LogP contribution >= 0.6 is 11.8 Å². The third-order valence-corrected chi connectivity index (χ3v) is 5.73. The molecule has 0 unspecified atom stereocenters. The van der Waals surface area contributed by atoms with E-state index < -0.39 is 5.97 Å². The van der Waals surface area contributed by atoms with Crippen molar-refractivity contribution >= 4 is 35.0 Å². The molecule has 0 aliphatic carbocycles. The van der Waals surface area contributed by atoms with Gasteiger partial charge in [0, 0.05) is 11.6 Å². The first kappa shape index (κ1) is 20.7. The lowest BCUT2D eigenvalue weighted by molar-refractivity contribution is -0.123. The van der Waals surface area contributed by atoms with Crippen molar-refractivity contribution in [3.05, 3.63) is 88.0 Å². The van der Waals surface area contributed by atoms with Gasteiger partial charge >= 0.3 is 5.97 Å². The highest BCUT2D eigenvalue weighted by molar-refractivity contribution is 8.18. The quantitative estimate of drug-likeness (QED) is 0.403. The standard InChI is InChI=1S/C24H19NO5S/c1-15-3-5-16(6-4-15)14-25-22(26)21(31-24(25)28)13-19-11-12-20(30-19)17-7-9-18(10-8-17)23(27)29-2/h3-13H,14H2,1-2H3/b21-13+. The van der Waals surface area contributed by atoms with Crippen molar-refractivity contribution in [1.82, 2.24) is 4.90 Å². The molecule has 7 heteroatoms. The fourth-order valence-electron chi connectivity index (χ4n) is 3.12. The maximum atomic E-state index is 12.7. The van der Waals surface area contributed by atoms with Gasteiger partial charge in [-0.25, -0.2) is 4.79 Å². The zero-order valence-electron chi connectivity index (χ0n) is 17.0. The molecule has 1 aromatic heterocycles. The van der Waals surface area contributed by atoms with E-state index in [4.69, 9.17) is 9.15 Å². The predicted octanol–water partition coefficient (Wildman–Crippen LogP) is 5.28. The van der Waals surface area contributed by atoms with Gasteiger partial charge in [-0.1, -0.05) is 42.0 Å². The first-order valence-electron chi connectivity index (χ1n) is 9.54. The van der Waals surface area contributed by atoms with Gasteiger partial charge < -0.3 is 9.15 Å². The van der Waals surface area contributed by atoms with Gasteiger partial charge in [0.05, 0.1) is 24.1 Å². The molecule has 0 atom stereocenters. The highest BCUT2D eigenvalue weighted by Crippen LogP contribution is 2.34. The molecule has 0 N–H and O–H groups in total. The average molecular weight is 433 g/mol. The Morgan fingerprint density at radius 3 is 2.42 bits per heavy atom. The molecule has 1 fully saturated rings. The molecule has 0 saturated carbocycles. The fraction of sp³-hybridized carbons (Fsp3) is 0.125.